The molecule has 2 heterocycles. The molecular weight excluding hydrogens is 403 g/mol. The molecule has 1 unspecified atom stereocenters. The van der Waals surface area contributed by atoms with Crippen molar-refractivity contribution in [1.29, 1.82) is 0 Å². The lowest BCUT2D eigenvalue weighted by Gasteiger charge is -2.29. The number of hydrogen-bond donors (Lipinski definition) is 1. The number of likely N-dealkylation sites (N-methyl/N-ethyl adjacent to an activating group) is 1. The van der Waals surface area contributed by atoms with Crippen LogP contribution in [0.1, 0.15) is 49.0 Å². The lowest BCUT2D eigenvalue weighted by molar-refractivity contribution is 0.101. The molecule has 2 aromatic rings. The van der Waals surface area contributed by atoms with Gasteiger partial charge < -0.3 is 14.7 Å². The van der Waals surface area contributed by atoms with E-state index in [2.05, 4.69) is 33.0 Å². The fourth-order valence-corrected chi connectivity index (χ4v) is 5.17. The Balaban J connectivity index is 1.78. The number of hydrogen-bond acceptors (Lipinski definition) is 6. The van der Waals surface area contributed by atoms with Crippen LogP contribution >= 0.6 is 11.5 Å². The third-order valence-electron chi connectivity index (χ3n) is 6.36. The Morgan fingerprint density at radius 1 is 1.30 bits per heavy atom. The number of aromatic nitrogens is 1. The molecule has 1 saturated carbocycles. The molecule has 162 valence electrons. The highest BCUT2D eigenvalue weighted by molar-refractivity contribution is 7.10. The minimum absolute atomic E-state index is 0.114. The van der Waals surface area contributed by atoms with Gasteiger partial charge in [0.1, 0.15) is 10.8 Å². The van der Waals surface area contributed by atoms with Gasteiger partial charge in [-0.25, -0.2) is 4.39 Å². The third kappa shape index (κ3) is 3.78. The second-order valence-corrected chi connectivity index (χ2v) is 9.20. The lowest BCUT2D eigenvalue weighted by atomic mass is 10.1. The molecule has 0 amide bonds. The van der Waals surface area contributed by atoms with E-state index in [9.17, 15) is 9.59 Å². The van der Waals surface area contributed by atoms with Crippen LogP contribution in [0.3, 0.4) is 0 Å². The van der Waals surface area contributed by atoms with Crippen LogP contribution in [0.5, 0.6) is 0 Å². The molecule has 2 aliphatic rings. The van der Waals surface area contributed by atoms with Gasteiger partial charge >= 0.3 is 0 Å². The Morgan fingerprint density at radius 2 is 2.03 bits per heavy atom. The van der Waals surface area contributed by atoms with Gasteiger partial charge in [0, 0.05) is 30.7 Å². The molecule has 1 aromatic heterocycles. The average molecular weight is 433 g/mol. The van der Waals surface area contributed by atoms with Crippen molar-refractivity contribution in [3.05, 3.63) is 39.4 Å². The van der Waals surface area contributed by atoms with Crippen molar-refractivity contribution < 1.29 is 9.18 Å². The summed E-state index contributed by atoms with van der Waals surface area (Å²) in [7, 11) is 2.10. The van der Waals surface area contributed by atoms with E-state index in [-0.39, 0.29) is 23.2 Å². The van der Waals surface area contributed by atoms with Crippen molar-refractivity contribution in [2.45, 2.75) is 52.1 Å². The monoisotopic (exact) mass is 432 g/mol. The van der Waals surface area contributed by atoms with E-state index < -0.39 is 0 Å². The first kappa shape index (κ1) is 21.1. The van der Waals surface area contributed by atoms with Crippen LogP contribution < -0.4 is 15.4 Å². The average Bonchev–Trinajstić information content (AvgIpc) is 3.35. The van der Waals surface area contributed by atoms with E-state index in [0.717, 1.165) is 43.9 Å². The second-order valence-electron chi connectivity index (χ2n) is 8.40. The van der Waals surface area contributed by atoms with E-state index in [1.165, 1.54) is 24.5 Å². The highest BCUT2D eigenvalue weighted by Gasteiger charge is 2.36. The lowest BCUT2D eigenvalue weighted by Crippen LogP contribution is -2.34. The molecule has 4 rings (SSSR count). The van der Waals surface area contributed by atoms with Crippen molar-refractivity contribution in [1.82, 2.24) is 9.27 Å². The minimum Gasteiger partial charge on any atom is -0.367 e. The quantitative estimate of drug-likeness (QED) is 0.672. The van der Waals surface area contributed by atoms with Crippen molar-refractivity contribution in [3.8, 4) is 0 Å². The summed E-state index contributed by atoms with van der Waals surface area (Å²) in [5.74, 6) is -0.537. The molecule has 6 nitrogen and oxygen atoms in total. The molecule has 30 heavy (non-hydrogen) atoms. The van der Waals surface area contributed by atoms with E-state index >= 15 is 4.39 Å². The highest BCUT2D eigenvalue weighted by Crippen LogP contribution is 2.44. The number of carbonyl (C=O) groups is 1. The predicted molar refractivity (Wildman–Crippen MR) is 120 cm³/mol. The summed E-state index contributed by atoms with van der Waals surface area (Å²) < 4.78 is 17.9. The first-order valence-electron chi connectivity index (χ1n) is 10.6. The van der Waals surface area contributed by atoms with E-state index in [0.29, 0.717) is 28.5 Å². The maximum absolute atomic E-state index is 15.1. The van der Waals surface area contributed by atoms with Gasteiger partial charge in [0.25, 0.3) is 5.56 Å². The third-order valence-corrected chi connectivity index (χ3v) is 7.35. The van der Waals surface area contributed by atoms with Crippen LogP contribution in [0.2, 0.25) is 0 Å². The molecular formula is C22H29FN4O2S. The molecule has 1 atom stereocenters. The van der Waals surface area contributed by atoms with Gasteiger partial charge in [-0.1, -0.05) is 6.92 Å². The summed E-state index contributed by atoms with van der Waals surface area (Å²) >= 11 is 1.28. The first-order valence-corrected chi connectivity index (χ1v) is 11.4. The number of ketones is 1. The number of nitrogens with one attached hydrogen (secondary N) is 1. The van der Waals surface area contributed by atoms with Gasteiger partial charge in [-0.2, -0.15) is 0 Å². The topological polar surface area (TPSA) is 59.6 Å². The van der Waals surface area contributed by atoms with Crippen LogP contribution in [0.4, 0.5) is 20.8 Å². The van der Waals surface area contributed by atoms with Crippen LogP contribution in [0.25, 0.3) is 0 Å². The number of carbonyl (C=O) groups excluding carboxylic acids is 1. The molecule has 1 aliphatic carbocycles. The number of aromatic amines is 1. The SMILES string of the molecule is CCN(C)C1CCN(c2cc(N(c3s[nH]c(=O)c3C)C3CC3)c(C(C)=O)cc2F)C1. The number of rotatable bonds is 7. The predicted octanol–water partition coefficient (Wildman–Crippen LogP) is 3.92. The van der Waals surface area contributed by atoms with Crippen molar-refractivity contribution >= 4 is 33.7 Å². The Labute approximate surface area is 180 Å². The van der Waals surface area contributed by atoms with E-state index in [4.69, 9.17) is 0 Å². The Morgan fingerprint density at radius 3 is 2.60 bits per heavy atom. The molecule has 1 saturated heterocycles. The number of benzene rings is 1. The Kier molecular flexibility index (Phi) is 5.72. The molecule has 2 fully saturated rings. The fraction of sp³-hybridized carbons (Fsp3) is 0.545. The summed E-state index contributed by atoms with van der Waals surface area (Å²) in [6.45, 7) is 7.89. The van der Waals surface area contributed by atoms with Gasteiger partial charge in [0.05, 0.1) is 16.9 Å². The van der Waals surface area contributed by atoms with Crippen molar-refractivity contribution in [3.63, 3.8) is 0 Å². The van der Waals surface area contributed by atoms with Gasteiger partial charge in [-0.3, -0.25) is 14.0 Å². The molecule has 1 N–H and O–H groups in total. The number of H-pyrrole nitrogens is 1. The highest BCUT2D eigenvalue weighted by atomic mass is 32.1. The smallest absolute Gasteiger partial charge is 0.263 e. The summed E-state index contributed by atoms with van der Waals surface area (Å²) in [6.07, 6.45) is 2.96. The Hall–Kier alpha value is -2.19. The molecule has 8 heteroatoms. The van der Waals surface area contributed by atoms with E-state index in [1.807, 2.05) is 6.07 Å². The van der Waals surface area contributed by atoms with Crippen LogP contribution in [-0.4, -0.2) is 53.8 Å². The molecule has 0 bridgehead atoms. The number of halogens is 1. The van der Waals surface area contributed by atoms with Crippen LogP contribution in [0, 0.1) is 12.7 Å². The summed E-state index contributed by atoms with van der Waals surface area (Å²) in [5.41, 5.74) is 2.13. The van der Waals surface area contributed by atoms with Gasteiger partial charge in [0.15, 0.2) is 5.78 Å². The molecule has 0 spiro atoms. The number of nitrogens with zero attached hydrogens (tertiary/aromatic N) is 3. The van der Waals surface area contributed by atoms with Crippen molar-refractivity contribution in [2.75, 3.05) is 36.5 Å². The largest absolute Gasteiger partial charge is 0.367 e. The maximum atomic E-state index is 15.1. The van der Waals surface area contributed by atoms with Gasteiger partial charge in [-0.15, -0.1) is 0 Å². The molecule has 1 aliphatic heterocycles. The normalized spacial score (nSPS) is 19.0. The van der Waals surface area contributed by atoms with Crippen LogP contribution in [-0.2, 0) is 0 Å². The maximum Gasteiger partial charge on any atom is 0.263 e. The standard InChI is InChI=1S/C22H29FN4O2S/c1-5-25(4)16-8-9-26(12-16)20-11-19(17(14(3)28)10-18(20)23)27(15-6-7-15)22-13(2)21(29)24-30-22/h10-11,15-16H,5-9,12H2,1-4H3,(H,24,29). The Bertz CT molecular complexity index is 1010. The van der Waals surface area contributed by atoms with E-state index in [1.54, 1.807) is 6.92 Å². The van der Waals surface area contributed by atoms with Crippen LogP contribution in [0.15, 0.2) is 16.9 Å². The van der Waals surface area contributed by atoms with Crippen molar-refractivity contribution in [2.24, 2.45) is 0 Å². The molecule has 1 aromatic carbocycles. The first-order chi connectivity index (χ1) is 14.3. The summed E-state index contributed by atoms with van der Waals surface area (Å²) in [4.78, 5) is 30.9. The zero-order valence-corrected chi connectivity index (χ0v) is 18.8. The summed E-state index contributed by atoms with van der Waals surface area (Å²) in [5, 5.41) is 0.813. The summed E-state index contributed by atoms with van der Waals surface area (Å²) in [6, 6.07) is 3.82. The number of anilines is 3. The minimum atomic E-state index is -0.363. The van der Waals surface area contributed by atoms with Gasteiger partial charge in [0.2, 0.25) is 0 Å². The zero-order chi connectivity index (χ0) is 21.6. The molecule has 0 radical (unpaired) electrons. The second kappa shape index (κ2) is 8.15. The number of Topliss-reactive ketones (excluding diaryl/α,β-unsaturated/α-hetero) is 1. The zero-order valence-electron chi connectivity index (χ0n) is 18.0. The fourth-order valence-electron chi connectivity index (χ4n) is 4.23. The van der Waals surface area contributed by atoms with Gasteiger partial charge in [-0.05, 0) is 70.4 Å².